The second-order valence-corrected chi connectivity index (χ2v) is 12.6. The summed E-state index contributed by atoms with van der Waals surface area (Å²) in [5.74, 6) is -3.38. The molecule has 3 amide bonds. The van der Waals surface area contributed by atoms with Gasteiger partial charge in [0.2, 0.25) is 11.8 Å². The van der Waals surface area contributed by atoms with E-state index in [0.29, 0.717) is 35.3 Å². The number of amides is 3. The molecule has 3 atom stereocenters. The molecule has 0 spiro atoms. The Morgan fingerprint density at radius 1 is 0.923 bits per heavy atom. The van der Waals surface area contributed by atoms with Crippen LogP contribution in [-0.4, -0.2) is 81.2 Å². The zero-order valence-electron chi connectivity index (χ0n) is 28.2. The quantitative estimate of drug-likeness (QED) is 0.102. The summed E-state index contributed by atoms with van der Waals surface area (Å²) in [6.45, 7) is 1.41. The fraction of sp³-hybridized carbons (Fsp3) is 0.256. The minimum atomic E-state index is -1.60. The van der Waals surface area contributed by atoms with Gasteiger partial charge in [-0.3, -0.25) is 29.6 Å². The SMILES string of the molecule is O=C(O)[C@H](N=C(c1ccccc1)c1ccccc1NC(=O)[C@@H]1CCCN1Cc1ccccc1)[C@@H](CC(=O)N1CCOC1=O)c1ccc([N+](=O)[O-])cc1. The van der Waals surface area contributed by atoms with Gasteiger partial charge in [0.1, 0.15) is 6.61 Å². The lowest BCUT2D eigenvalue weighted by Crippen LogP contribution is -2.39. The van der Waals surface area contributed by atoms with Gasteiger partial charge in [-0.15, -0.1) is 0 Å². The van der Waals surface area contributed by atoms with E-state index in [0.717, 1.165) is 23.4 Å². The number of nitro groups is 1. The predicted octanol–water partition coefficient (Wildman–Crippen LogP) is 5.64. The number of carboxylic acid groups (broad SMARTS) is 1. The number of anilines is 1. The summed E-state index contributed by atoms with van der Waals surface area (Å²) in [5, 5.41) is 25.2. The Morgan fingerprint density at radius 2 is 1.60 bits per heavy atom. The van der Waals surface area contributed by atoms with Gasteiger partial charge >= 0.3 is 12.1 Å². The van der Waals surface area contributed by atoms with Gasteiger partial charge in [0.25, 0.3) is 5.69 Å². The number of nitrogens with one attached hydrogen (secondary N) is 1. The minimum Gasteiger partial charge on any atom is -0.480 e. The van der Waals surface area contributed by atoms with Gasteiger partial charge in [0, 0.05) is 42.1 Å². The molecule has 2 N–H and O–H groups in total. The number of aliphatic imine (C=N–C) groups is 1. The van der Waals surface area contributed by atoms with E-state index in [2.05, 4.69) is 10.2 Å². The summed E-state index contributed by atoms with van der Waals surface area (Å²) in [5.41, 5.74) is 2.87. The number of carboxylic acids is 1. The van der Waals surface area contributed by atoms with E-state index in [1.807, 2.05) is 30.3 Å². The molecule has 13 heteroatoms. The third kappa shape index (κ3) is 8.22. The molecule has 52 heavy (non-hydrogen) atoms. The third-order valence-electron chi connectivity index (χ3n) is 9.27. The zero-order valence-corrected chi connectivity index (χ0v) is 28.2. The number of likely N-dealkylation sites (tertiary alicyclic amines) is 1. The zero-order chi connectivity index (χ0) is 36.6. The highest BCUT2D eigenvalue weighted by Crippen LogP contribution is 2.32. The number of imide groups is 1. The van der Waals surface area contributed by atoms with Crippen molar-refractivity contribution in [3.05, 3.63) is 142 Å². The van der Waals surface area contributed by atoms with Crippen molar-refractivity contribution in [1.82, 2.24) is 9.80 Å². The molecule has 2 aliphatic rings. The van der Waals surface area contributed by atoms with Crippen molar-refractivity contribution in [2.45, 2.75) is 43.8 Å². The molecule has 266 valence electrons. The summed E-state index contributed by atoms with van der Waals surface area (Å²) in [4.78, 5) is 71.5. The number of benzene rings is 4. The van der Waals surface area contributed by atoms with Gasteiger partial charge in [0.15, 0.2) is 6.04 Å². The molecule has 0 aromatic heterocycles. The molecule has 0 aliphatic carbocycles. The van der Waals surface area contributed by atoms with E-state index in [-0.39, 0.29) is 36.5 Å². The Labute approximate surface area is 299 Å². The van der Waals surface area contributed by atoms with E-state index in [9.17, 15) is 34.4 Å². The summed E-state index contributed by atoms with van der Waals surface area (Å²) in [7, 11) is 0. The summed E-state index contributed by atoms with van der Waals surface area (Å²) >= 11 is 0. The largest absolute Gasteiger partial charge is 0.480 e. The lowest BCUT2D eigenvalue weighted by atomic mass is 9.87. The van der Waals surface area contributed by atoms with Crippen molar-refractivity contribution in [2.24, 2.45) is 4.99 Å². The molecule has 2 saturated heterocycles. The van der Waals surface area contributed by atoms with Gasteiger partial charge in [-0.1, -0.05) is 91.0 Å². The molecule has 4 aromatic rings. The molecule has 6 rings (SSSR count). The van der Waals surface area contributed by atoms with E-state index in [4.69, 9.17) is 9.73 Å². The van der Waals surface area contributed by atoms with Crippen molar-refractivity contribution in [1.29, 1.82) is 0 Å². The molecule has 0 saturated carbocycles. The molecule has 0 bridgehead atoms. The molecule has 4 aromatic carbocycles. The maximum Gasteiger partial charge on any atom is 0.416 e. The van der Waals surface area contributed by atoms with E-state index >= 15 is 0 Å². The van der Waals surface area contributed by atoms with Crippen molar-refractivity contribution >= 4 is 41.0 Å². The number of carbonyl (C=O) groups excluding carboxylic acids is 3. The van der Waals surface area contributed by atoms with Crippen LogP contribution in [0.5, 0.6) is 0 Å². The number of hydrogen-bond acceptors (Lipinski definition) is 9. The van der Waals surface area contributed by atoms with Crippen LogP contribution in [0, 0.1) is 10.1 Å². The number of para-hydroxylation sites is 1. The standard InChI is InChI=1S/C39H37N5O8/c45-34(43-22-23-52-39(43)49)24-31(27-17-19-29(20-18-27)44(50)51)36(38(47)48)41-35(28-12-5-2-6-13-28)30-14-7-8-15-32(30)40-37(46)33-16-9-21-42(33)25-26-10-3-1-4-11-26/h1-8,10-15,17-20,31,33,36H,9,16,21-25H2,(H,40,46)(H,47,48)/t31-,33-,36+/m0/s1. The Bertz CT molecular complexity index is 1970. The number of carbonyl (C=O) groups is 4. The van der Waals surface area contributed by atoms with Gasteiger partial charge in [-0.25, -0.2) is 14.5 Å². The molecule has 2 aliphatic heterocycles. The molecular formula is C39H37N5O8. The Morgan fingerprint density at radius 3 is 2.25 bits per heavy atom. The first-order valence-corrected chi connectivity index (χ1v) is 17.0. The molecule has 0 unspecified atom stereocenters. The molecule has 2 fully saturated rings. The maximum absolute atomic E-state index is 13.9. The van der Waals surface area contributed by atoms with Crippen molar-refractivity contribution in [2.75, 3.05) is 25.0 Å². The van der Waals surface area contributed by atoms with E-state index in [1.165, 1.54) is 24.3 Å². The number of aliphatic carboxylic acids is 1. The monoisotopic (exact) mass is 703 g/mol. The number of hydrogen-bond donors (Lipinski definition) is 2. The topological polar surface area (TPSA) is 172 Å². The maximum atomic E-state index is 13.9. The number of cyclic esters (lactones) is 1. The van der Waals surface area contributed by atoms with Crippen LogP contribution in [0.2, 0.25) is 0 Å². The van der Waals surface area contributed by atoms with Crippen LogP contribution in [-0.2, 0) is 25.7 Å². The Kier molecular flexibility index (Phi) is 11.1. The smallest absolute Gasteiger partial charge is 0.416 e. The van der Waals surface area contributed by atoms with Crippen LogP contribution in [0.15, 0.2) is 114 Å². The van der Waals surface area contributed by atoms with Gasteiger partial charge in [0.05, 0.1) is 28.9 Å². The van der Waals surface area contributed by atoms with Crippen LogP contribution in [0.1, 0.15) is 47.4 Å². The summed E-state index contributed by atoms with van der Waals surface area (Å²) in [6.07, 6.45) is 0.257. The number of nitrogens with zero attached hydrogens (tertiary/aromatic N) is 4. The van der Waals surface area contributed by atoms with Crippen molar-refractivity contribution in [3.8, 4) is 0 Å². The van der Waals surface area contributed by atoms with Crippen molar-refractivity contribution < 1.29 is 33.9 Å². The Balaban J connectivity index is 1.38. The first-order chi connectivity index (χ1) is 25.2. The average molecular weight is 704 g/mol. The fourth-order valence-corrected chi connectivity index (χ4v) is 6.67. The highest BCUT2D eigenvalue weighted by atomic mass is 16.6. The van der Waals surface area contributed by atoms with E-state index < -0.39 is 41.3 Å². The molecule has 2 heterocycles. The van der Waals surface area contributed by atoms with Gasteiger partial charge in [-0.05, 0) is 36.6 Å². The fourth-order valence-electron chi connectivity index (χ4n) is 6.67. The average Bonchev–Trinajstić information content (AvgIpc) is 3.81. The normalized spacial score (nSPS) is 17.3. The molecular weight excluding hydrogens is 666 g/mol. The van der Waals surface area contributed by atoms with Crippen LogP contribution in [0.25, 0.3) is 0 Å². The van der Waals surface area contributed by atoms with Crippen LogP contribution in [0.4, 0.5) is 16.2 Å². The van der Waals surface area contributed by atoms with Crippen LogP contribution < -0.4 is 5.32 Å². The number of nitro benzene ring substituents is 1. The minimum absolute atomic E-state index is 0.0117. The van der Waals surface area contributed by atoms with Crippen LogP contribution in [0.3, 0.4) is 0 Å². The molecule has 0 radical (unpaired) electrons. The number of non-ortho nitro benzene ring substituents is 1. The van der Waals surface area contributed by atoms with Crippen LogP contribution >= 0.6 is 0 Å². The summed E-state index contributed by atoms with van der Waals surface area (Å²) < 4.78 is 4.93. The highest BCUT2D eigenvalue weighted by Gasteiger charge is 2.37. The Hall–Kier alpha value is -6.21. The predicted molar refractivity (Wildman–Crippen MR) is 192 cm³/mol. The van der Waals surface area contributed by atoms with Gasteiger partial charge < -0.3 is 15.2 Å². The lowest BCUT2D eigenvalue weighted by molar-refractivity contribution is -0.384. The highest BCUT2D eigenvalue weighted by molar-refractivity contribution is 6.18. The number of rotatable bonds is 13. The molecule has 13 nitrogen and oxygen atoms in total. The van der Waals surface area contributed by atoms with Crippen molar-refractivity contribution in [3.63, 3.8) is 0 Å². The lowest BCUT2D eigenvalue weighted by Gasteiger charge is -2.25. The second-order valence-electron chi connectivity index (χ2n) is 12.6. The first kappa shape index (κ1) is 35.6. The van der Waals surface area contributed by atoms with Gasteiger partial charge in [-0.2, -0.15) is 0 Å². The third-order valence-corrected chi connectivity index (χ3v) is 9.27. The summed E-state index contributed by atoms with van der Waals surface area (Å²) in [6, 6.07) is 29.1. The van der Waals surface area contributed by atoms with E-state index in [1.54, 1.807) is 54.6 Å². The number of ether oxygens (including phenoxy) is 1. The second kappa shape index (κ2) is 16.2. The first-order valence-electron chi connectivity index (χ1n) is 17.0.